The van der Waals surface area contributed by atoms with Crippen molar-refractivity contribution in [3.63, 3.8) is 0 Å². The molecule has 7 nitrogen and oxygen atoms in total. The monoisotopic (exact) mass is 344 g/mol. The molecule has 120 valence electrons. The molecule has 1 heterocycles. The molecule has 0 radical (unpaired) electrons. The Bertz CT molecular complexity index is 887. The number of benzene rings is 1. The predicted octanol–water partition coefficient (Wildman–Crippen LogP) is 1.95. The molecule has 2 rings (SSSR count). The van der Waals surface area contributed by atoms with Crippen LogP contribution in [0.3, 0.4) is 0 Å². The summed E-state index contributed by atoms with van der Waals surface area (Å²) in [6.07, 6.45) is 0. The van der Waals surface area contributed by atoms with Crippen molar-refractivity contribution in [3.05, 3.63) is 50.3 Å². The molecule has 5 N–H and O–H groups in total. The third-order valence-electron chi connectivity index (χ3n) is 2.94. The number of aromatic amines is 1. The maximum absolute atomic E-state index is 13.5. The molecule has 0 unspecified atom stereocenters. The zero-order chi connectivity index (χ0) is 17.5. The number of nitrogens with two attached hydrogens (primary N) is 1. The van der Waals surface area contributed by atoms with Crippen LogP contribution >= 0.6 is 11.6 Å². The van der Waals surface area contributed by atoms with E-state index in [-0.39, 0.29) is 0 Å². The molecule has 2 aromatic rings. The summed E-state index contributed by atoms with van der Waals surface area (Å²) in [4.78, 5) is 36.3. The lowest BCUT2D eigenvalue weighted by Gasteiger charge is -2.12. The van der Waals surface area contributed by atoms with Crippen LogP contribution in [0.5, 0.6) is 0 Å². The number of rotatable bonds is 3. The van der Waals surface area contributed by atoms with E-state index in [1.807, 2.05) is 4.98 Å². The molecule has 10 heteroatoms. The van der Waals surface area contributed by atoms with Gasteiger partial charge in [0.25, 0.3) is 5.56 Å². The molecule has 0 spiro atoms. The number of nitrogen functional groups attached to an aromatic ring is 1. The number of halogens is 3. The zero-order valence-electron chi connectivity index (χ0n) is 11.0. The topological polar surface area (TPSA) is 133 Å². The number of H-pyrrole nitrogens is 1. The SMILES string of the molecule is Nc1[nH]c(=O)c(C(=O)O)c(-c2cc(F)c(F)c(Cl)c2)c1C(=O)O. The van der Waals surface area contributed by atoms with E-state index in [0.717, 1.165) is 6.07 Å². The minimum absolute atomic E-state index is 0.415. The van der Waals surface area contributed by atoms with Gasteiger partial charge in [-0.25, -0.2) is 18.4 Å². The Balaban J connectivity index is 3.03. The summed E-state index contributed by atoms with van der Waals surface area (Å²) in [5, 5.41) is 17.6. The van der Waals surface area contributed by atoms with E-state index in [4.69, 9.17) is 22.4 Å². The van der Waals surface area contributed by atoms with E-state index in [0.29, 0.717) is 6.07 Å². The quantitative estimate of drug-likeness (QED) is 0.629. The Morgan fingerprint density at radius 3 is 2.17 bits per heavy atom. The molecule has 1 aromatic heterocycles. The molecular weight excluding hydrogens is 338 g/mol. The average molecular weight is 345 g/mol. The Morgan fingerprint density at radius 2 is 1.70 bits per heavy atom. The van der Waals surface area contributed by atoms with Crippen LogP contribution in [-0.2, 0) is 0 Å². The first-order chi connectivity index (χ1) is 10.6. The lowest BCUT2D eigenvalue weighted by molar-refractivity contribution is 0.0695. The van der Waals surface area contributed by atoms with E-state index < -0.39 is 62.2 Å². The van der Waals surface area contributed by atoms with Gasteiger partial charge in [0.2, 0.25) is 0 Å². The second-order valence-electron chi connectivity index (χ2n) is 4.36. The van der Waals surface area contributed by atoms with Crippen molar-refractivity contribution in [1.29, 1.82) is 0 Å². The molecule has 0 aliphatic rings. The van der Waals surface area contributed by atoms with Crippen LogP contribution in [0.1, 0.15) is 20.7 Å². The van der Waals surface area contributed by atoms with E-state index in [1.54, 1.807) is 0 Å². The fraction of sp³-hybridized carbons (Fsp3) is 0. The second kappa shape index (κ2) is 5.69. The van der Waals surface area contributed by atoms with Gasteiger partial charge in [0.05, 0.1) is 5.02 Å². The van der Waals surface area contributed by atoms with E-state index >= 15 is 0 Å². The van der Waals surface area contributed by atoms with Gasteiger partial charge in [-0.1, -0.05) is 11.6 Å². The van der Waals surface area contributed by atoms with E-state index in [9.17, 15) is 28.3 Å². The summed E-state index contributed by atoms with van der Waals surface area (Å²) in [7, 11) is 0. The highest BCUT2D eigenvalue weighted by molar-refractivity contribution is 6.31. The molecule has 0 atom stereocenters. The summed E-state index contributed by atoms with van der Waals surface area (Å²) in [5.74, 6) is -6.92. The maximum Gasteiger partial charge on any atom is 0.342 e. The minimum Gasteiger partial charge on any atom is -0.478 e. The number of hydrogen-bond donors (Lipinski definition) is 4. The third kappa shape index (κ3) is 2.73. The van der Waals surface area contributed by atoms with Crippen molar-refractivity contribution < 1.29 is 28.6 Å². The van der Waals surface area contributed by atoms with Crippen molar-refractivity contribution in [2.45, 2.75) is 0 Å². The summed E-state index contributed by atoms with van der Waals surface area (Å²) in [5.41, 5.74) is 1.36. The molecule has 1 aromatic carbocycles. The van der Waals surface area contributed by atoms with Crippen molar-refractivity contribution in [2.75, 3.05) is 5.73 Å². The number of hydrogen-bond acceptors (Lipinski definition) is 4. The van der Waals surface area contributed by atoms with E-state index in [1.165, 1.54) is 0 Å². The second-order valence-corrected chi connectivity index (χ2v) is 4.76. The van der Waals surface area contributed by atoms with Crippen LogP contribution in [-0.4, -0.2) is 27.1 Å². The molecule has 0 saturated heterocycles. The molecule has 0 bridgehead atoms. The highest BCUT2D eigenvalue weighted by atomic mass is 35.5. The summed E-state index contributed by atoms with van der Waals surface area (Å²) in [6.45, 7) is 0. The number of pyridine rings is 1. The minimum atomic E-state index is -1.77. The molecule has 0 fully saturated rings. The number of aromatic carboxylic acids is 2. The van der Waals surface area contributed by atoms with Crippen molar-refractivity contribution in [1.82, 2.24) is 4.98 Å². The Labute approximate surface area is 130 Å². The molecule has 0 aliphatic carbocycles. The van der Waals surface area contributed by atoms with Crippen LogP contribution in [0.2, 0.25) is 5.02 Å². The zero-order valence-corrected chi connectivity index (χ0v) is 11.7. The molecule has 0 amide bonds. The van der Waals surface area contributed by atoms with Gasteiger partial charge in [-0.05, 0) is 17.7 Å². The lowest BCUT2D eigenvalue weighted by atomic mass is 9.95. The predicted molar refractivity (Wildman–Crippen MR) is 75.8 cm³/mol. The smallest absolute Gasteiger partial charge is 0.342 e. The lowest BCUT2D eigenvalue weighted by Crippen LogP contribution is -2.24. The fourth-order valence-electron chi connectivity index (χ4n) is 2.04. The number of nitrogens with one attached hydrogen (secondary N) is 1. The number of anilines is 1. The number of carboxylic acids is 2. The van der Waals surface area contributed by atoms with Crippen LogP contribution in [0.4, 0.5) is 14.6 Å². The summed E-state index contributed by atoms with van der Waals surface area (Å²) in [6, 6.07) is 1.32. The van der Waals surface area contributed by atoms with Crippen LogP contribution in [0.25, 0.3) is 11.1 Å². The van der Waals surface area contributed by atoms with Crippen LogP contribution in [0, 0.1) is 11.6 Å². The molecular formula is C13H7ClF2N2O5. The van der Waals surface area contributed by atoms with E-state index in [2.05, 4.69) is 0 Å². The van der Waals surface area contributed by atoms with Gasteiger partial charge in [0.15, 0.2) is 11.6 Å². The first kappa shape index (κ1) is 16.4. The Morgan fingerprint density at radius 1 is 1.13 bits per heavy atom. The van der Waals surface area contributed by atoms with Gasteiger partial charge in [0, 0.05) is 5.56 Å². The van der Waals surface area contributed by atoms with Gasteiger partial charge >= 0.3 is 11.9 Å². The molecule has 23 heavy (non-hydrogen) atoms. The summed E-state index contributed by atoms with van der Waals surface area (Å²) < 4.78 is 26.8. The molecule has 0 aliphatic heterocycles. The van der Waals surface area contributed by atoms with Crippen LogP contribution < -0.4 is 11.3 Å². The highest BCUT2D eigenvalue weighted by Crippen LogP contribution is 2.32. The van der Waals surface area contributed by atoms with Crippen molar-refractivity contribution in [3.8, 4) is 11.1 Å². The number of carbonyl (C=O) groups is 2. The van der Waals surface area contributed by atoms with Gasteiger partial charge in [-0.15, -0.1) is 0 Å². The first-order valence-electron chi connectivity index (χ1n) is 5.82. The largest absolute Gasteiger partial charge is 0.478 e. The average Bonchev–Trinajstić information content (AvgIpc) is 2.42. The summed E-state index contributed by atoms with van der Waals surface area (Å²) >= 11 is 5.49. The Kier molecular flexibility index (Phi) is 4.06. The normalized spacial score (nSPS) is 10.6. The van der Waals surface area contributed by atoms with Crippen molar-refractivity contribution in [2.24, 2.45) is 0 Å². The van der Waals surface area contributed by atoms with Crippen LogP contribution in [0.15, 0.2) is 16.9 Å². The standard InChI is InChI=1S/C13H7ClF2N2O5/c14-4-1-3(2-5(15)9(4)16)6-7(12(20)21)10(17)18-11(19)8(6)13(22)23/h1-2H,(H,20,21)(H,22,23)(H3,17,18,19). The van der Waals surface area contributed by atoms with Crippen molar-refractivity contribution >= 4 is 29.4 Å². The molecule has 0 saturated carbocycles. The fourth-order valence-corrected chi connectivity index (χ4v) is 2.24. The maximum atomic E-state index is 13.5. The Hall–Kier alpha value is -2.94. The third-order valence-corrected chi connectivity index (χ3v) is 3.22. The van der Waals surface area contributed by atoms with Gasteiger partial charge < -0.3 is 20.9 Å². The van der Waals surface area contributed by atoms with Gasteiger partial charge in [0.1, 0.15) is 16.9 Å². The number of aromatic nitrogens is 1. The highest BCUT2D eigenvalue weighted by Gasteiger charge is 2.27. The van der Waals surface area contributed by atoms with Gasteiger partial charge in [-0.3, -0.25) is 4.79 Å². The number of carboxylic acid groups (broad SMARTS) is 2. The van der Waals surface area contributed by atoms with Gasteiger partial charge in [-0.2, -0.15) is 0 Å². The first-order valence-corrected chi connectivity index (χ1v) is 6.20.